The van der Waals surface area contributed by atoms with Gasteiger partial charge in [0.05, 0.1) is 17.7 Å². The van der Waals surface area contributed by atoms with Gasteiger partial charge >= 0.3 is 0 Å². The second-order valence-corrected chi connectivity index (χ2v) is 13.4. The zero-order valence-electron chi connectivity index (χ0n) is 27.1. The van der Waals surface area contributed by atoms with E-state index in [1.54, 1.807) is 36.4 Å². The summed E-state index contributed by atoms with van der Waals surface area (Å²) in [7, 11) is -2.78. The molecule has 0 aliphatic heterocycles. The van der Waals surface area contributed by atoms with Crippen LogP contribution in [0.5, 0.6) is 5.75 Å². The number of nitrogens with one attached hydrogen (secondary N) is 1. The molecule has 4 aromatic rings. The number of methoxy groups -OCH3 is 1. The third-order valence-electron chi connectivity index (χ3n) is 7.95. The first-order valence-electron chi connectivity index (χ1n) is 15.4. The van der Waals surface area contributed by atoms with Crippen LogP contribution in [0.25, 0.3) is 0 Å². The van der Waals surface area contributed by atoms with Crippen LogP contribution >= 0.6 is 0 Å². The fourth-order valence-corrected chi connectivity index (χ4v) is 6.61. The van der Waals surface area contributed by atoms with Crippen molar-refractivity contribution in [1.29, 1.82) is 0 Å². The lowest BCUT2D eigenvalue weighted by Gasteiger charge is -2.34. The van der Waals surface area contributed by atoms with Crippen molar-refractivity contribution in [2.24, 2.45) is 0 Å². The van der Waals surface area contributed by atoms with E-state index in [2.05, 4.69) is 5.32 Å². The topological polar surface area (TPSA) is 96.0 Å². The van der Waals surface area contributed by atoms with E-state index in [9.17, 15) is 18.0 Å². The molecule has 0 aromatic heterocycles. The van der Waals surface area contributed by atoms with E-state index in [0.717, 1.165) is 26.6 Å². The number of para-hydroxylation sites is 2. The van der Waals surface area contributed by atoms with Crippen LogP contribution in [0.1, 0.15) is 42.5 Å². The Morgan fingerprint density at radius 3 is 2.13 bits per heavy atom. The molecular weight excluding hydrogens is 598 g/mol. The Morgan fingerprint density at radius 1 is 0.826 bits per heavy atom. The van der Waals surface area contributed by atoms with Crippen molar-refractivity contribution >= 4 is 27.5 Å². The van der Waals surface area contributed by atoms with Crippen LogP contribution in [0.15, 0.2) is 108 Å². The number of ether oxygens (including phenoxy) is 1. The average molecular weight is 642 g/mol. The minimum Gasteiger partial charge on any atom is -0.495 e. The number of hydrogen-bond donors (Lipinski definition) is 1. The van der Waals surface area contributed by atoms with Gasteiger partial charge in [-0.05, 0) is 62.6 Å². The molecule has 1 N–H and O–H groups in total. The summed E-state index contributed by atoms with van der Waals surface area (Å²) in [6.07, 6.45) is 0.964. The minimum absolute atomic E-state index is 0.0392. The molecule has 46 heavy (non-hydrogen) atoms. The van der Waals surface area contributed by atoms with Crippen molar-refractivity contribution < 1.29 is 22.7 Å². The summed E-state index contributed by atoms with van der Waals surface area (Å²) >= 11 is 0. The molecule has 0 bridgehead atoms. The SMILES string of the molecule is CC[C@H](C)NC(=O)[C@H](Cc1ccccc1)N(Cc1cccc(C)c1)C(=O)CN(c1ccccc1OC)S(=O)(=O)c1ccc(C)cc1. The molecule has 0 unspecified atom stereocenters. The van der Waals surface area contributed by atoms with Gasteiger partial charge in [-0.1, -0.05) is 96.9 Å². The van der Waals surface area contributed by atoms with E-state index in [0.29, 0.717) is 12.2 Å². The summed E-state index contributed by atoms with van der Waals surface area (Å²) in [5.41, 5.74) is 3.83. The second-order valence-electron chi connectivity index (χ2n) is 11.5. The molecule has 0 aliphatic carbocycles. The molecule has 9 heteroatoms. The van der Waals surface area contributed by atoms with Gasteiger partial charge < -0.3 is 15.0 Å². The molecule has 0 radical (unpaired) electrons. The Bertz CT molecular complexity index is 1730. The van der Waals surface area contributed by atoms with Gasteiger partial charge in [0.15, 0.2) is 0 Å². The fraction of sp³-hybridized carbons (Fsp3) is 0.297. The van der Waals surface area contributed by atoms with Crippen molar-refractivity contribution in [3.63, 3.8) is 0 Å². The maximum absolute atomic E-state index is 14.6. The van der Waals surface area contributed by atoms with Crippen LogP contribution in [0, 0.1) is 13.8 Å². The highest BCUT2D eigenvalue weighted by Gasteiger charge is 2.35. The smallest absolute Gasteiger partial charge is 0.264 e. The Morgan fingerprint density at radius 2 is 1.48 bits per heavy atom. The number of carbonyl (C=O) groups is 2. The zero-order valence-corrected chi connectivity index (χ0v) is 28.0. The summed E-state index contributed by atoms with van der Waals surface area (Å²) in [4.78, 5) is 30.2. The zero-order chi connectivity index (χ0) is 33.3. The molecule has 0 spiro atoms. The van der Waals surface area contributed by atoms with E-state index in [1.807, 2.05) is 82.3 Å². The van der Waals surface area contributed by atoms with Crippen molar-refractivity contribution in [3.05, 3.63) is 125 Å². The third kappa shape index (κ3) is 8.54. The number of sulfonamides is 1. The number of nitrogens with zero attached hydrogens (tertiary/aromatic N) is 2. The summed E-state index contributed by atoms with van der Waals surface area (Å²) in [6, 6.07) is 29.4. The van der Waals surface area contributed by atoms with Gasteiger partial charge in [0, 0.05) is 19.0 Å². The standard InChI is InChI=1S/C37H43N3O5S/c1-6-29(4)38-37(42)34(24-30-14-8-7-9-15-30)39(25-31-16-12-13-28(3)23-31)36(41)26-40(33-17-10-11-18-35(33)45-5)46(43,44)32-21-19-27(2)20-22-32/h7-23,29,34H,6,24-26H2,1-5H3,(H,38,42)/t29-,34-/m0/s1. The molecule has 0 saturated carbocycles. The van der Waals surface area contributed by atoms with Gasteiger partial charge in [0.2, 0.25) is 11.8 Å². The number of rotatable bonds is 14. The molecule has 0 aliphatic rings. The van der Waals surface area contributed by atoms with Gasteiger partial charge in [-0.15, -0.1) is 0 Å². The van der Waals surface area contributed by atoms with Gasteiger partial charge in [0.1, 0.15) is 18.3 Å². The first kappa shape index (κ1) is 34.2. The van der Waals surface area contributed by atoms with Gasteiger partial charge in [-0.2, -0.15) is 0 Å². The molecule has 2 amide bonds. The molecule has 0 heterocycles. The van der Waals surface area contributed by atoms with E-state index in [4.69, 9.17) is 4.74 Å². The number of anilines is 1. The predicted molar refractivity (Wildman–Crippen MR) is 182 cm³/mol. The van der Waals surface area contributed by atoms with E-state index in [-0.39, 0.29) is 35.5 Å². The van der Waals surface area contributed by atoms with Crippen molar-refractivity contribution in [1.82, 2.24) is 10.2 Å². The van der Waals surface area contributed by atoms with Crippen LogP contribution in [0.3, 0.4) is 0 Å². The molecule has 242 valence electrons. The highest BCUT2D eigenvalue weighted by molar-refractivity contribution is 7.92. The molecule has 8 nitrogen and oxygen atoms in total. The number of carbonyl (C=O) groups excluding carboxylic acids is 2. The van der Waals surface area contributed by atoms with Crippen LogP contribution in [-0.2, 0) is 32.6 Å². The maximum Gasteiger partial charge on any atom is 0.264 e. The van der Waals surface area contributed by atoms with Crippen LogP contribution in [-0.4, -0.2) is 50.9 Å². The summed E-state index contributed by atoms with van der Waals surface area (Å²) in [6.45, 7) is 7.29. The molecular formula is C37H43N3O5S. The Kier molecular flexibility index (Phi) is 11.6. The molecule has 4 aromatic carbocycles. The lowest BCUT2D eigenvalue weighted by molar-refractivity contribution is -0.140. The van der Waals surface area contributed by atoms with Gasteiger partial charge in [0.25, 0.3) is 10.0 Å². The van der Waals surface area contributed by atoms with Gasteiger partial charge in [-0.3, -0.25) is 13.9 Å². The Hall–Kier alpha value is -4.63. The monoisotopic (exact) mass is 641 g/mol. The van der Waals surface area contributed by atoms with Crippen LogP contribution in [0.4, 0.5) is 5.69 Å². The lowest BCUT2D eigenvalue weighted by Crippen LogP contribution is -2.54. The highest BCUT2D eigenvalue weighted by Crippen LogP contribution is 2.33. The molecule has 2 atom stereocenters. The highest BCUT2D eigenvalue weighted by atomic mass is 32.2. The average Bonchev–Trinajstić information content (AvgIpc) is 3.05. The fourth-order valence-electron chi connectivity index (χ4n) is 5.19. The molecule has 0 fully saturated rings. The van der Waals surface area contributed by atoms with Gasteiger partial charge in [-0.25, -0.2) is 8.42 Å². The Balaban J connectivity index is 1.84. The maximum atomic E-state index is 14.6. The summed E-state index contributed by atoms with van der Waals surface area (Å²) in [5, 5.41) is 3.06. The van der Waals surface area contributed by atoms with Crippen LogP contribution in [0.2, 0.25) is 0 Å². The normalized spacial score (nSPS) is 12.5. The number of hydrogen-bond acceptors (Lipinski definition) is 5. The number of aryl methyl sites for hydroxylation is 2. The minimum atomic E-state index is -4.23. The quantitative estimate of drug-likeness (QED) is 0.181. The largest absolute Gasteiger partial charge is 0.495 e. The first-order valence-corrected chi connectivity index (χ1v) is 16.9. The molecule has 0 saturated heterocycles. The van der Waals surface area contributed by atoms with E-state index < -0.39 is 28.5 Å². The Labute approximate surface area is 273 Å². The second kappa shape index (κ2) is 15.6. The van der Waals surface area contributed by atoms with Crippen molar-refractivity contribution in [2.45, 2.75) is 64.1 Å². The summed E-state index contributed by atoms with van der Waals surface area (Å²) in [5.74, 6) is -0.528. The van der Waals surface area contributed by atoms with Crippen LogP contribution < -0.4 is 14.4 Å². The number of benzene rings is 4. The molecule has 4 rings (SSSR count). The predicted octanol–water partition coefficient (Wildman–Crippen LogP) is 6.06. The summed E-state index contributed by atoms with van der Waals surface area (Å²) < 4.78 is 35.2. The van der Waals surface area contributed by atoms with E-state index >= 15 is 0 Å². The number of amides is 2. The van der Waals surface area contributed by atoms with Crippen molar-refractivity contribution in [3.8, 4) is 5.75 Å². The van der Waals surface area contributed by atoms with E-state index in [1.165, 1.54) is 24.1 Å². The van der Waals surface area contributed by atoms with Crippen molar-refractivity contribution in [2.75, 3.05) is 18.0 Å². The lowest BCUT2D eigenvalue weighted by atomic mass is 10.0. The first-order chi connectivity index (χ1) is 22.0. The third-order valence-corrected chi connectivity index (χ3v) is 9.72.